The highest BCUT2D eigenvalue weighted by Gasteiger charge is 2.31. The number of alkyl halides is 3. The van der Waals surface area contributed by atoms with E-state index < -0.39 is 21.6 Å². The predicted octanol–water partition coefficient (Wildman–Crippen LogP) is 3.06. The summed E-state index contributed by atoms with van der Waals surface area (Å²) in [7, 11) is -3.63. The fraction of sp³-hybridized carbons (Fsp3) is 0.455. The summed E-state index contributed by atoms with van der Waals surface area (Å²) in [5.41, 5.74) is -0.522. The molecule has 0 heterocycles. The quantitative estimate of drug-likeness (QED) is 0.842. The molecule has 0 bridgehead atoms. The molecule has 17 heavy (non-hydrogen) atoms. The molecule has 96 valence electrons. The van der Waals surface area contributed by atoms with Crippen LogP contribution < -0.4 is 0 Å². The van der Waals surface area contributed by atoms with Gasteiger partial charge in [-0.05, 0) is 30.2 Å². The summed E-state index contributed by atoms with van der Waals surface area (Å²) in [6.45, 7) is 1.82. The number of hydrogen-bond donors (Lipinski definition) is 0. The molecule has 1 aromatic carbocycles. The van der Waals surface area contributed by atoms with Crippen LogP contribution in [0.3, 0.4) is 0 Å². The van der Waals surface area contributed by atoms with E-state index in [1.54, 1.807) is 0 Å². The lowest BCUT2D eigenvalue weighted by molar-refractivity contribution is -0.137. The van der Waals surface area contributed by atoms with E-state index in [0.29, 0.717) is 24.5 Å². The monoisotopic (exact) mass is 266 g/mol. The molecule has 0 aliphatic heterocycles. The predicted molar refractivity (Wildman–Crippen MR) is 58.5 cm³/mol. The third kappa shape index (κ3) is 3.73. The van der Waals surface area contributed by atoms with Crippen LogP contribution in [0.2, 0.25) is 0 Å². The second kappa shape index (κ2) is 4.68. The molecular formula is C11H13F3O2S. The maximum atomic E-state index is 12.6. The van der Waals surface area contributed by atoms with Crippen LogP contribution >= 0.6 is 0 Å². The Hall–Kier alpha value is -1.04. The lowest BCUT2D eigenvalue weighted by atomic mass is 10.1. The first kappa shape index (κ1) is 14.0. The van der Waals surface area contributed by atoms with Gasteiger partial charge in [0.2, 0.25) is 0 Å². The maximum absolute atomic E-state index is 12.6. The minimum Gasteiger partial charge on any atom is -0.224 e. The van der Waals surface area contributed by atoms with E-state index in [2.05, 4.69) is 0 Å². The van der Waals surface area contributed by atoms with Crippen LogP contribution in [0, 0.1) is 0 Å². The molecule has 1 rings (SSSR count). The van der Waals surface area contributed by atoms with Crippen molar-refractivity contribution in [2.75, 3.05) is 6.26 Å². The first-order valence-corrected chi connectivity index (χ1v) is 6.95. The molecule has 0 radical (unpaired) electrons. The van der Waals surface area contributed by atoms with E-state index >= 15 is 0 Å². The molecule has 0 amide bonds. The van der Waals surface area contributed by atoms with Gasteiger partial charge in [-0.2, -0.15) is 13.2 Å². The number of benzene rings is 1. The van der Waals surface area contributed by atoms with Gasteiger partial charge < -0.3 is 0 Å². The second-order valence-electron chi connectivity index (χ2n) is 3.89. The summed E-state index contributed by atoms with van der Waals surface area (Å²) < 4.78 is 60.3. The van der Waals surface area contributed by atoms with Crippen LogP contribution in [0.15, 0.2) is 23.1 Å². The summed E-state index contributed by atoms with van der Waals surface area (Å²) in [5.74, 6) is 0. The molecular weight excluding hydrogens is 253 g/mol. The van der Waals surface area contributed by atoms with Crippen LogP contribution in [0.1, 0.15) is 24.5 Å². The van der Waals surface area contributed by atoms with Gasteiger partial charge in [0.25, 0.3) is 0 Å². The number of rotatable bonds is 3. The van der Waals surface area contributed by atoms with Gasteiger partial charge in [0.05, 0.1) is 10.5 Å². The first-order valence-electron chi connectivity index (χ1n) is 5.06. The lowest BCUT2D eigenvalue weighted by Crippen LogP contribution is -2.08. The van der Waals surface area contributed by atoms with Gasteiger partial charge in [0.1, 0.15) is 0 Å². The lowest BCUT2D eigenvalue weighted by Gasteiger charge is -2.11. The number of sulfone groups is 1. The zero-order valence-corrected chi connectivity index (χ0v) is 10.3. The molecule has 0 aliphatic carbocycles. The Morgan fingerprint density at radius 3 is 2.18 bits per heavy atom. The van der Waals surface area contributed by atoms with Crippen molar-refractivity contribution < 1.29 is 21.6 Å². The molecule has 0 aromatic heterocycles. The van der Waals surface area contributed by atoms with E-state index in [0.717, 1.165) is 12.3 Å². The molecule has 0 fully saturated rings. The maximum Gasteiger partial charge on any atom is 0.416 e. The first-order chi connectivity index (χ1) is 7.64. The Balaban J connectivity index is 3.39. The Morgan fingerprint density at radius 1 is 1.18 bits per heavy atom. The molecule has 0 N–H and O–H groups in total. The molecule has 2 nitrogen and oxygen atoms in total. The minimum absolute atomic E-state index is 0.282. The van der Waals surface area contributed by atoms with Crippen molar-refractivity contribution in [3.63, 3.8) is 0 Å². The SMILES string of the molecule is CCCc1cc(C(F)(F)F)cc(S(C)(=O)=O)c1. The molecule has 1 aromatic rings. The van der Waals surface area contributed by atoms with Gasteiger partial charge in [0.15, 0.2) is 9.84 Å². The summed E-state index contributed by atoms with van der Waals surface area (Å²) >= 11 is 0. The molecule has 0 aliphatic rings. The van der Waals surface area contributed by atoms with Crippen molar-refractivity contribution >= 4 is 9.84 Å². The van der Waals surface area contributed by atoms with Crippen molar-refractivity contribution in [2.45, 2.75) is 30.8 Å². The van der Waals surface area contributed by atoms with E-state index in [4.69, 9.17) is 0 Å². The van der Waals surface area contributed by atoms with Crippen LogP contribution in [0.4, 0.5) is 13.2 Å². The van der Waals surface area contributed by atoms with Crippen molar-refractivity contribution in [1.29, 1.82) is 0 Å². The topological polar surface area (TPSA) is 34.1 Å². The fourth-order valence-electron chi connectivity index (χ4n) is 1.47. The standard InChI is InChI=1S/C11H13F3O2S/c1-3-4-8-5-9(11(12,13)14)7-10(6-8)17(2,15)16/h5-7H,3-4H2,1-2H3. The fourth-order valence-corrected chi connectivity index (χ4v) is 2.18. The van der Waals surface area contributed by atoms with Crippen LogP contribution in [0.5, 0.6) is 0 Å². The smallest absolute Gasteiger partial charge is 0.224 e. The highest BCUT2D eigenvalue weighted by atomic mass is 32.2. The highest BCUT2D eigenvalue weighted by Crippen LogP contribution is 2.32. The van der Waals surface area contributed by atoms with Gasteiger partial charge in [-0.3, -0.25) is 0 Å². The van der Waals surface area contributed by atoms with Crippen molar-refractivity contribution in [3.05, 3.63) is 29.3 Å². The summed E-state index contributed by atoms with van der Waals surface area (Å²) in [6, 6.07) is 2.97. The van der Waals surface area contributed by atoms with Crippen molar-refractivity contribution in [1.82, 2.24) is 0 Å². The normalized spacial score (nSPS) is 12.8. The van der Waals surface area contributed by atoms with Crippen molar-refractivity contribution in [3.8, 4) is 0 Å². The zero-order chi connectivity index (χ0) is 13.3. The molecule has 0 saturated carbocycles. The third-order valence-corrected chi connectivity index (χ3v) is 3.35. The second-order valence-corrected chi connectivity index (χ2v) is 5.90. The molecule has 0 saturated heterocycles. The van der Waals surface area contributed by atoms with Crippen LogP contribution in [-0.4, -0.2) is 14.7 Å². The van der Waals surface area contributed by atoms with Gasteiger partial charge in [-0.1, -0.05) is 13.3 Å². The Morgan fingerprint density at radius 2 is 1.76 bits per heavy atom. The number of hydrogen-bond acceptors (Lipinski definition) is 2. The largest absolute Gasteiger partial charge is 0.416 e. The van der Waals surface area contributed by atoms with E-state index in [-0.39, 0.29) is 4.90 Å². The third-order valence-electron chi connectivity index (χ3n) is 2.26. The van der Waals surface area contributed by atoms with E-state index in [1.165, 1.54) is 6.07 Å². The number of aryl methyl sites for hydroxylation is 1. The molecule has 0 atom stereocenters. The minimum atomic E-state index is -4.52. The highest BCUT2D eigenvalue weighted by molar-refractivity contribution is 7.90. The Kier molecular flexibility index (Phi) is 3.86. The van der Waals surface area contributed by atoms with E-state index in [1.807, 2.05) is 6.92 Å². The van der Waals surface area contributed by atoms with E-state index in [9.17, 15) is 21.6 Å². The number of halogens is 3. The summed E-state index contributed by atoms with van der Waals surface area (Å²) in [6.07, 6.45) is -2.54. The Bertz CT molecular complexity index is 504. The van der Waals surface area contributed by atoms with Gasteiger partial charge in [-0.25, -0.2) is 8.42 Å². The van der Waals surface area contributed by atoms with Crippen LogP contribution in [-0.2, 0) is 22.4 Å². The zero-order valence-electron chi connectivity index (χ0n) is 9.50. The Labute approximate surface area is 98.4 Å². The molecule has 6 heteroatoms. The van der Waals surface area contributed by atoms with Gasteiger partial charge in [-0.15, -0.1) is 0 Å². The average Bonchev–Trinajstić information content (AvgIpc) is 2.15. The summed E-state index contributed by atoms with van der Waals surface area (Å²) in [5, 5.41) is 0. The van der Waals surface area contributed by atoms with Crippen molar-refractivity contribution in [2.24, 2.45) is 0 Å². The molecule has 0 unspecified atom stereocenters. The summed E-state index contributed by atoms with van der Waals surface area (Å²) in [4.78, 5) is -0.282. The van der Waals surface area contributed by atoms with Crippen LogP contribution in [0.25, 0.3) is 0 Å². The van der Waals surface area contributed by atoms with Gasteiger partial charge >= 0.3 is 6.18 Å². The molecule has 0 spiro atoms. The average molecular weight is 266 g/mol. The van der Waals surface area contributed by atoms with Gasteiger partial charge in [0, 0.05) is 6.26 Å².